The molecule has 0 amide bonds. The van der Waals surface area contributed by atoms with Crippen molar-refractivity contribution in [3.8, 4) is 0 Å². The Morgan fingerprint density at radius 3 is 2.50 bits per heavy atom. The highest BCUT2D eigenvalue weighted by Crippen LogP contribution is 2.40. The summed E-state index contributed by atoms with van der Waals surface area (Å²) in [5.74, 6) is -3.65. The lowest BCUT2D eigenvalue weighted by atomic mass is 9.83. The van der Waals surface area contributed by atoms with Crippen molar-refractivity contribution in [2.75, 3.05) is 6.61 Å². The van der Waals surface area contributed by atoms with Crippen LogP contribution in [-0.4, -0.2) is 27.9 Å². The average Bonchev–Trinajstić information content (AvgIpc) is 2.96. The molecule has 0 spiro atoms. The third-order valence-corrected chi connectivity index (χ3v) is 5.10. The second-order valence-electron chi connectivity index (χ2n) is 7.21. The summed E-state index contributed by atoms with van der Waals surface area (Å²) >= 11 is 0. The molecule has 9 heteroatoms. The zero-order valence-electron chi connectivity index (χ0n) is 15.6. The molecule has 0 unspecified atom stereocenters. The second-order valence-corrected chi connectivity index (χ2v) is 7.21. The molecule has 2 aromatic rings. The highest BCUT2D eigenvalue weighted by molar-refractivity contribution is 5.90. The maximum absolute atomic E-state index is 13.6. The first-order valence-electron chi connectivity index (χ1n) is 9.16. The lowest BCUT2D eigenvalue weighted by Gasteiger charge is -2.28. The van der Waals surface area contributed by atoms with Crippen LogP contribution in [0.1, 0.15) is 60.0 Å². The van der Waals surface area contributed by atoms with E-state index in [4.69, 9.17) is 4.74 Å². The molecule has 28 heavy (non-hydrogen) atoms. The predicted molar refractivity (Wildman–Crippen MR) is 91.5 cm³/mol. The molecule has 2 aromatic heterocycles. The van der Waals surface area contributed by atoms with E-state index in [-0.39, 0.29) is 61.5 Å². The molecule has 4 nitrogen and oxygen atoms in total. The fourth-order valence-electron chi connectivity index (χ4n) is 3.76. The van der Waals surface area contributed by atoms with Gasteiger partial charge in [0.2, 0.25) is 5.92 Å². The number of carbonyl (C=O) groups excluding carboxylic acids is 1. The molecule has 1 fully saturated rings. The first-order chi connectivity index (χ1) is 13.0. The van der Waals surface area contributed by atoms with Crippen LogP contribution in [0.5, 0.6) is 0 Å². The number of aromatic nitrogens is 2. The fourth-order valence-corrected chi connectivity index (χ4v) is 3.76. The van der Waals surface area contributed by atoms with Gasteiger partial charge in [-0.25, -0.2) is 18.6 Å². The first kappa shape index (κ1) is 20.5. The van der Waals surface area contributed by atoms with Crippen molar-refractivity contribution < 1.29 is 31.5 Å². The summed E-state index contributed by atoms with van der Waals surface area (Å²) in [6.45, 7) is 3.35. The van der Waals surface area contributed by atoms with Gasteiger partial charge in [0.05, 0.1) is 17.9 Å². The van der Waals surface area contributed by atoms with Crippen molar-refractivity contribution in [3.63, 3.8) is 0 Å². The van der Waals surface area contributed by atoms with E-state index >= 15 is 0 Å². The Kier molecular flexibility index (Phi) is 5.38. The summed E-state index contributed by atoms with van der Waals surface area (Å²) in [4.78, 5) is 15.7. The number of ether oxygens (including phenoxy) is 1. The predicted octanol–water partition coefficient (Wildman–Crippen LogP) is 5.21. The quantitative estimate of drug-likeness (QED) is 0.519. The van der Waals surface area contributed by atoms with Crippen LogP contribution in [0.2, 0.25) is 0 Å². The number of aryl methyl sites for hydroxylation is 1. The molecule has 154 valence electrons. The molecule has 0 N–H and O–H groups in total. The summed E-state index contributed by atoms with van der Waals surface area (Å²) in [6, 6.07) is 2.71. The maximum atomic E-state index is 13.6. The van der Waals surface area contributed by atoms with Gasteiger partial charge < -0.3 is 9.14 Å². The molecule has 0 saturated heterocycles. The lowest BCUT2D eigenvalue weighted by Crippen LogP contribution is -2.26. The van der Waals surface area contributed by atoms with Crippen LogP contribution in [-0.2, 0) is 17.3 Å². The van der Waals surface area contributed by atoms with Crippen LogP contribution in [0.4, 0.5) is 22.0 Å². The number of pyridine rings is 1. The van der Waals surface area contributed by atoms with E-state index in [0.717, 1.165) is 0 Å². The largest absolute Gasteiger partial charge is 0.462 e. The lowest BCUT2D eigenvalue weighted by molar-refractivity contribution is -0.141. The highest BCUT2D eigenvalue weighted by Gasteiger charge is 2.40. The van der Waals surface area contributed by atoms with E-state index < -0.39 is 23.8 Å². The normalized spacial score (nSPS) is 17.8. The van der Waals surface area contributed by atoms with Gasteiger partial charge in [-0.1, -0.05) is 0 Å². The standard InChI is InChI=1S/C19H21F5N2O2/c1-3-28-17(27)13-8-11(2)26-14(9-12-4-6-18(20,21)7-5-12)16(19(22,23)24)25-15(26)10-13/h8,10,12H,3-7,9H2,1-2H3. The van der Waals surface area contributed by atoms with Crippen molar-refractivity contribution >= 4 is 11.6 Å². The van der Waals surface area contributed by atoms with Gasteiger partial charge in [-0.2, -0.15) is 13.2 Å². The molecule has 0 radical (unpaired) electrons. The number of rotatable bonds is 4. The molecule has 1 aliphatic carbocycles. The Labute approximate surface area is 158 Å². The van der Waals surface area contributed by atoms with Crippen molar-refractivity contribution in [2.24, 2.45) is 5.92 Å². The monoisotopic (exact) mass is 404 g/mol. The molecule has 3 rings (SSSR count). The third kappa shape index (κ3) is 4.12. The molecule has 0 atom stereocenters. The van der Waals surface area contributed by atoms with Crippen LogP contribution in [0.15, 0.2) is 12.1 Å². The van der Waals surface area contributed by atoms with E-state index in [1.54, 1.807) is 13.8 Å². The minimum absolute atomic E-state index is 0.00564. The first-order valence-corrected chi connectivity index (χ1v) is 9.16. The molecule has 1 saturated carbocycles. The Bertz CT molecular complexity index is 879. The number of hydrogen-bond acceptors (Lipinski definition) is 3. The summed E-state index contributed by atoms with van der Waals surface area (Å²) in [5, 5.41) is 0. The third-order valence-electron chi connectivity index (χ3n) is 5.10. The van der Waals surface area contributed by atoms with Crippen molar-refractivity contribution in [1.82, 2.24) is 9.38 Å². The van der Waals surface area contributed by atoms with Crippen LogP contribution >= 0.6 is 0 Å². The molecule has 1 aliphatic rings. The van der Waals surface area contributed by atoms with E-state index in [1.807, 2.05) is 0 Å². The van der Waals surface area contributed by atoms with E-state index in [2.05, 4.69) is 4.98 Å². The molecule has 0 aliphatic heterocycles. The smallest absolute Gasteiger partial charge is 0.435 e. The Morgan fingerprint density at radius 2 is 1.93 bits per heavy atom. The summed E-state index contributed by atoms with van der Waals surface area (Å²) in [7, 11) is 0. The molecule has 0 bridgehead atoms. The van der Waals surface area contributed by atoms with Crippen LogP contribution in [0, 0.1) is 12.8 Å². The summed E-state index contributed by atoms with van der Waals surface area (Å²) < 4.78 is 73.8. The van der Waals surface area contributed by atoms with Gasteiger partial charge in [-0.15, -0.1) is 0 Å². The topological polar surface area (TPSA) is 43.6 Å². The zero-order valence-corrected chi connectivity index (χ0v) is 15.6. The van der Waals surface area contributed by atoms with E-state index in [9.17, 15) is 26.7 Å². The number of fused-ring (bicyclic) bond motifs is 1. The number of carbonyl (C=O) groups is 1. The van der Waals surface area contributed by atoms with E-state index in [1.165, 1.54) is 16.5 Å². The minimum atomic E-state index is -4.68. The van der Waals surface area contributed by atoms with Gasteiger partial charge in [0.1, 0.15) is 5.65 Å². The maximum Gasteiger partial charge on any atom is 0.435 e. The number of nitrogens with zero attached hydrogens (tertiary/aromatic N) is 2. The minimum Gasteiger partial charge on any atom is -0.462 e. The fraction of sp³-hybridized carbons (Fsp3) is 0.579. The van der Waals surface area contributed by atoms with Gasteiger partial charge in [-0.3, -0.25) is 0 Å². The number of halogens is 5. The van der Waals surface area contributed by atoms with Gasteiger partial charge in [-0.05, 0) is 51.2 Å². The molecule has 0 aromatic carbocycles. The highest BCUT2D eigenvalue weighted by atomic mass is 19.4. The molecular formula is C19H21F5N2O2. The number of alkyl halides is 5. The number of esters is 1. The average molecular weight is 404 g/mol. The van der Waals surface area contributed by atoms with Crippen molar-refractivity contribution in [2.45, 2.75) is 58.1 Å². The van der Waals surface area contributed by atoms with Gasteiger partial charge in [0.15, 0.2) is 5.69 Å². The van der Waals surface area contributed by atoms with Crippen molar-refractivity contribution in [1.29, 1.82) is 0 Å². The Hall–Kier alpha value is -2.19. The number of imidazole rings is 1. The summed E-state index contributed by atoms with van der Waals surface area (Å²) in [5.41, 5.74) is -0.569. The second kappa shape index (κ2) is 7.33. The van der Waals surface area contributed by atoms with Gasteiger partial charge in [0, 0.05) is 18.5 Å². The van der Waals surface area contributed by atoms with Crippen LogP contribution in [0.3, 0.4) is 0 Å². The Balaban J connectivity index is 2.03. The van der Waals surface area contributed by atoms with Crippen LogP contribution < -0.4 is 0 Å². The van der Waals surface area contributed by atoms with Crippen LogP contribution in [0.25, 0.3) is 5.65 Å². The summed E-state index contributed by atoms with van der Waals surface area (Å²) in [6.07, 6.45) is -4.99. The molecular weight excluding hydrogens is 383 g/mol. The van der Waals surface area contributed by atoms with Gasteiger partial charge >= 0.3 is 12.1 Å². The molecule has 2 heterocycles. The van der Waals surface area contributed by atoms with E-state index in [0.29, 0.717) is 5.69 Å². The Morgan fingerprint density at radius 1 is 1.29 bits per heavy atom. The number of hydrogen-bond donors (Lipinski definition) is 0. The zero-order chi connectivity index (χ0) is 20.7. The SMILES string of the molecule is CCOC(=O)c1cc(C)n2c(CC3CCC(F)(F)CC3)c(C(F)(F)F)nc2c1. The van der Waals surface area contributed by atoms with Crippen molar-refractivity contribution in [3.05, 3.63) is 34.8 Å². The van der Waals surface area contributed by atoms with Gasteiger partial charge in [0.25, 0.3) is 0 Å².